The van der Waals surface area contributed by atoms with Crippen molar-refractivity contribution < 1.29 is 18.0 Å². The van der Waals surface area contributed by atoms with Crippen molar-refractivity contribution in [2.24, 2.45) is 0 Å². The number of carbonyl (C=O) groups excluding carboxylic acids is 1. The van der Waals surface area contributed by atoms with Gasteiger partial charge in [-0.2, -0.15) is 13.2 Å². The van der Waals surface area contributed by atoms with Gasteiger partial charge in [-0.1, -0.05) is 0 Å². The maximum Gasteiger partial charge on any atom is 0.446 e. The third kappa shape index (κ3) is 4.13. The van der Waals surface area contributed by atoms with Gasteiger partial charge in [0.05, 0.1) is 5.69 Å². The molecule has 1 aromatic carbocycles. The van der Waals surface area contributed by atoms with Gasteiger partial charge >= 0.3 is 5.51 Å². The topological polar surface area (TPSA) is 29.1 Å². The molecule has 0 aliphatic rings. The average molecular weight is 300 g/mol. The van der Waals surface area contributed by atoms with Crippen LogP contribution in [-0.4, -0.2) is 11.9 Å². The molecule has 2 nitrogen and oxygen atoms in total. The quantitative estimate of drug-likeness (QED) is 0.682. The summed E-state index contributed by atoms with van der Waals surface area (Å²) in [5, 5.41) is 2.35. The first kappa shape index (κ1) is 12.4. The molecule has 0 radical (unpaired) electrons. The van der Waals surface area contributed by atoms with Crippen LogP contribution >= 0.6 is 27.7 Å². The minimum Gasteiger partial charge on any atom is -0.328 e. The predicted molar refractivity (Wildman–Crippen MR) is 55.7 cm³/mol. The summed E-state index contributed by atoms with van der Waals surface area (Å²) in [6.45, 7) is 0. The average Bonchev–Trinajstić information content (AvgIpc) is 2.07. The zero-order valence-electron chi connectivity index (χ0n) is 7.14. The molecule has 0 unspecified atom stereocenters. The van der Waals surface area contributed by atoms with E-state index in [0.717, 1.165) is 0 Å². The van der Waals surface area contributed by atoms with Crippen LogP contribution in [0.15, 0.2) is 27.6 Å². The summed E-state index contributed by atoms with van der Waals surface area (Å²) < 4.78 is 36.4. The molecule has 0 spiro atoms. The van der Waals surface area contributed by atoms with Gasteiger partial charge in [-0.05, 0) is 45.9 Å². The van der Waals surface area contributed by atoms with Crippen LogP contribution in [0.3, 0.4) is 0 Å². The first-order valence-corrected chi connectivity index (χ1v) is 5.29. The zero-order valence-corrected chi connectivity index (χ0v) is 9.54. The van der Waals surface area contributed by atoms with Gasteiger partial charge in [0, 0.05) is 9.37 Å². The molecule has 0 aromatic heterocycles. The second kappa shape index (κ2) is 4.89. The van der Waals surface area contributed by atoms with E-state index in [-0.39, 0.29) is 16.7 Å². The van der Waals surface area contributed by atoms with Crippen molar-refractivity contribution in [1.29, 1.82) is 0 Å². The molecule has 1 N–H and O–H groups in total. The number of rotatable bonds is 3. The Labute approximate surface area is 96.4 Å². The van der Waals surface area contributed by atoms with Crippen molar-refractivity contribution in [3.63, 3.8) is 0 Å². The van der Waals surface area contributed by atoms with Crippen LogP contribution in [0.1, 0.15) is 0 Å². The number of hydrogen-bond donors (Lipinski definition) is 1. The van der Waals surface area contributed by atoms with Crippen LogP contribution in [0.25, 0.3) is 0 Å². The summed E-state index contributed by atoms with van der Waals surface area (Å²) in [6, 6.07) is 3.98. The van der Waals surface area contributed by atoms with E-state index in [0.29, 0.717) is 16.6 Å². The zero-order chi connectivity index (χ0) is 11.5. The first-order valence-electron chi connectivity index (χ1n) is 3.68. The molecule has 1 aromatic rings. The Bertz CT molecular complexity index is 369. The van der Waals surface area contributed by atoms with E-state index in [1.165, 1.54) is 18.2 Å². The van der Waals surface area contributed by atoms with Crippen LogP contribution in [0.4, 0.5) is 18.9 Å². The molecule has 15 heavy (non-hydrogen) atoms. The molecule has 0 fully saturated rings. The second-order valence-electron chi connectivity index (χ2n) is 2.45. The van der Waals surface area contributed by atoms with Crippen LogP contribution in [0.5, 0.6) is 0 Å². The molecule has 0 saturated carbocycles. The van der Waals surface area contributed by atoms with Crippen molar-refractivity contribution >= 4 is 39.8 Å². The number of alkyl halides is 3. The Morgan fingerprint density at radius 1 is 1.40 bits per heavy atom. The second-order valence-corrected chi connectivity index (χ2v) is 4.44. The lowest BCUT2D eigenvalue weighted by atomic mass is 10.3. The van der Waals surface area contributed by atoms with Crippen molar-refractivity contribution in [3.05, 3.63) is 22.7 Å². The van der Waals surface area contributed by atoms with E-state index in [1.807, 2.05) is 0 Å². The minimum atomic E-state index is -4.31. The number of benzene rings is 1. The van der Waals surface area contributed by atoms with Crippen molar-refractivity contribution in [2.75, 3.05) is 5.32 Å². The molecule has 1 amide bonds. The number of nitrogens with one attached hydrogen (secondary N) is 1. The Morgan fingerprint density at radius 2 is 2.07 bits per heavy atom. The van der Waals surface area contributed by atoms with Gasteiger partial charge < -0.3 is 5.32 Å². The molecule has 0 heterocycles. The monoisotopic (exact) mass is 299 g/mol. The van der Waals surface area contributed by atoms with E-state index in [4.69, 9.17) is 0 Å². The summed E-state index contributed by atoms with van der Waals surface area (Å²) in [5.41, 5.74) is -3.88. The lowest BCUT2D eigenvalue weighted by Gasteiger charge is -2.07. The fourth-order valence-corrected chi connectivity index (χ4v) is 2.10. The van der Waals surface area contributed by atoms with Gasteiger partial charge in [-0.15, -0.1) is 0 Å². The summed E-state index contributed by atoms with van der Waals surface area (Å²) >= 11 is 2.85. The van der Waals surface area contributed by atoms with E-state index in [1.54, 1.807) is 0 Å². The van der Waals surface area contributed by atoms with Gasteiger partial charge in [0.1, 0.15) is 0 Å². The highest BCUT2D eigenvalue weighted by Gasteiger charge is 2.29. The van der Waals surface area contributed by atoms with Crippen molar-refractivity contribution in [1.82, 2.24) is 0 Å². The first-order chi connectivity index (χ1) is 6.92. The van der Waals surface area contributed by atoms with Crippen LogP contribution < -0.4 is 5.32 Å². The SMILES string of the molecule is O=CNc1ccc(SC(F)(F)F)cc1Br. The molecule has 82 valence electrons. The smallest absolute Gasteiger partial charge is 0.328 e. The third-order valence-electron chi connectivity index (χ3n) is 1.39. The van der Waals surface area contributed by atoms with Gasteiger partial charge in [-0.3, -0.25) is 4.79 Å². The number of amides is 1. The summed E-state index contributed by atoms with van der Waals surface area (Å²) in [6.07, 6.45) is 0.455. The van der Waals surface area contributed by atoms with Gasteiger partial charge in [-0.25, -0.2) is 0 Å². The van der Waals surface area contributed by atoms with E-state index < -0.39 is 5.51 Å². The standard InChI is InChI=1S/C8H5BrF3NOS/c9-6-3-5(15-8(10,11)12)1-2-7(6)13-4-14/h1-4H,(H,13,14). The molecule has 0 bridgehead atoms. The van der Waals surface area contributed by atoms with Gasteiger partial charge in [0.15, 0.2) is 0 Å². The van der Waals surface area contributed by atoms with Crippen LogP contribution in [0, 0.1) is 0 Å². The molecule has 0 aliphatic carbocycles. The molecule has 0 saturated heterocycles. The number of thioether (sulfide) groups is 1. The molecule has 7 heteroatoms. The van der Waals surface area contributed by atoms with Gasteiger partial charge in [0.2, 0.25) is 6.41 Å². The lowest BCUT2D eigenvalue weighted by Crippen LogP contribution is -1.99. The molecule has 0 atom stereocenters. The lowest BCUT2D eigenvalue weighted by molar-refractivity contribution is -0.105. The van der Waals surface area contributed by atoms with Crippen molar-refractivity contribution in [3.8, 4) is 0 Å². The number of carbonyl (C=O) groups is 1. The summed E-state index contributed by atoms with van der Waals surface area (Å²) in [4.78, 5) is 10.2. The Hall–Kier alpha value is -0.690. The minimum absolute atomic E-state index is 0.0609. The van der Waals surface area contributed by atoms with Crippen molar-refractivity contribution in [2.45, 2.75) is 10.4 Å². The largest absolute Gasteiger partial charge is 0.446 e. The maximum absolute atomic E-state index is 12.0. The van der Waals surface area contributed by atoms with E-state index >= 15 is 0 Å². The Morgan fingerprint density at radius 3 is 2.53 bits per heavy atom. The fourth-order valence-electron chi connectivity index (χ4n) is 0.873. The third-order valence-corrected chi connectivity index (χ3v) is 2.77. The number of anilines is 1. The maximum atomic E-state index is 12.0. The van der Waals surface area contributed by atoms with E-state index in [9.17, 15) is 18.0 Å². The molecular weight excluding hydrogens is 295 g/mol. The van der Waals surface area contributed by atoms with Gasteiger partial charge in [0.25, 0.3) is 0 Å². The predicted octanol–water partition coefficient (Wildman–Crippen LogP) is 3.63. The number of halogens is 4. The highest BCUT2D eigenvalue weighted by molar-refractivity contribution is 9.10. The van der Waals surface area contributed by atoms with Crippen LogP contribution in [0.2, 0.25) is 0 Å². The molecular formula is C8H5BrF3NOS. The Balaban J connectivity index is 2.86. The highest BCUT2D eigenvalue weighted by Crippen LogP contribution is 2.38. The number of hydrogen-bond acceptors (Lipinski definition) is 2. The molecule has 1 rings (SSSR count). The summed E-state index contributed by atoms with van der Waals surface area (Å²) in [7, 11) is 0. The molecule has 0 aliphatic heterocycles. The Kier molecular flexibility index (Phi) is 4.04. The normalized spacial score (nSPS) is 11.2. The highest BCUT2D eigenvalue weighted by atomic mass is 79.9. The fraction of sp³-hybridized carbons (Fsp3) is 0.125. The summed E-state index contributed by atoms with van der Waals surface area (Å²) in [5.74, 6) is 0. The van der Waals surface area contributed by atoms with Crippen LogP contribution in [-0.2, 0) is 4.79 Å². The van der Waals surface area contributed by atoms with E-state index in [2.05, 4.69) is 21.2 Å².